The summed E-state index contributed by atoms with van der Waals surface area (Å²) in [6.07, 6.45) is -1.34. The second-order valence-corrected chi connectivity index (χ2v) is 6.40. The van der Waals surface area contributed by atoms with Crippen molar-refractivity contribution in [1.29, 1.82) is 0 Å². The minimum Gasteiger partial charge on any atom is -0.391 e. The second-order valence-electron chi connectivity index (χ2n) is 6.40. The molecule has 0 amide bonds. The van der Waals surface area contributed by atoms with Crippen LogP contribution in [-0.2, 0) is 16.0 Å². The van der Waals surface area contributed by atoms with Crippen molar-refractivity contribution in [3.8, 4) is 0 Å². The molecule has 0 saturated carbocycles. The number of rotatable bonds is 13. The zero-order valence-electron chi connectivity index (χ0n) is 14.8. The Morgan fingerprint density at radius 1 is 1.00 bits per heavy atom. The molecule has 0 bridgehead atoms. The van der Waals surface area contributed by atoms with Gasteiger partial charge in [-0.2, -0.15) is 0 Å². The third-order valence-electron chi connectivity index (χ3n) is 3.83. The molecule has 6 heteroatoms. The van der Waals surface area contributed by atoms with Crippen LogP contribution in [0.4, 0.5) is 0 Å². The van der Waals surface area contributed by atoms with E-state index in [1.165, 1.54) is 0 Å². The van der Waals surface area contributed by atoms with Crippen molar-refractivity contribution in [2.75, 3.05) is 53.2 Å². The van der Waals surface area contributed by atoms with Crippen LogP contribution >= 0.6 is 0 Å². The third-order valence-corrected chi connectivity index (χ3v) is 3.83. The van der Waals surface area contributed by atoms with Gasteiger partial charge in [0.15, 0.2) is 0 Å². The molecule has 1 aromatic rings. The predicted molar refractivity (Wildman–Crippen MR) is 92.5 cm³/mol. The van der Waals surface area contributed by atoms with E-state index in [0.29, 0.717) is 24.2 Å². The molecule has 1 rings (SSSR count). The van der Waals surface area contributed by atoms with Gasteiger partial charge in [0.2, 0.25) is 0 Å². The highest BCUT2D eigenvalue weighted by molar-refractivity contribution is 5.13. The van der Waals surface area contributed by atoms with Crippen LogP contribution in [0, 0.1) is 0 Å². The molecule has 0 fully saturated rings. The fraction of sp³-hybridized carbons (Fsp3) is 0.667. The molecule has 0 aromatic heterocycles. The summed E-state index contributed by atoms with van der Waals surface area (Å²) >= 11 is 0. The van der Waals surface area contributed by atoms with E-state index in [4.69, 9.17) is 9.47 Å². The quantitative estimate of drug-likeness (QED) is 0.452. The predicted octanol–water partition coefficient (Wildman–Crippen LogP) is 0.400. The van der Waals surface area contributed by atoms with E-state index in [0.717, 1.165) is 12.1 Å². The highest BCUT2D eigenvalue weighted by Crippen LogP contribution is 2.13. The summed E-state index contributed by atoms with van der Waals surface area (Å²) in [5.41, 5.74) is 1.16. The highest BCUT2D eigenvalue weighted by Gasteiger charge is 2.26. The lowest BCUT2D eigenvalue weighted by molar-refractivity contribution is -0.925. The summed E-state index contributed by atoms with van der Waals surface area (Å²) in [7, 11) is 2.01. The molecule has 138 valence electrons. The van der Waals surface area contributed by atoms with Crippen LogP contribution in [0.15, 0.2) is 30.3 Å². The third kappa shape index (κ3) is 8.73. The molecule has 0 spiro atoms. The van der Waals surface area contributed by atoms with Crippen LogP contribution in [-0.4, -0.2) is 85.2 Å². The Balaban J connectivity index is 2.42. The Kier molecular flexibility index (Phi) is 10.1. The number of aliphatic hydroxyl groups is 3. The number of likely N-dealkylation sites (N-methyl/N-ethyl adjacent to an activating group) is 1. The maximum Gasteiger partial charge on any atom is 0.126 e. The first-order chi connectivity index (χ1) is 11.5. The van der Waals surface area contributed by atoms with Gasteiger partial charge in [0.25, 0.3) is 0 Å². The van der Waals surface area contributed by atoms with Crippen molar-refractivity contribution in [3.63, 3.8) is 0 Å². The van der Waals surface area contributed by atoms with Crippen LogP contribution < -0.4 is 0 Å². The lowest BCUT2D eigenvalue weighted by Crippen LogP contribution is -2.50. The van der Waals surface area contributed by atoms with Crippen LogP contribution in [0.2, 0.25) is 0 Å². The van der Waals surface area contributed by atoms with E-state index in [2.05, 4.69) is 0 Å². The van der Waals surface area contributed by atoms with E-state index in [9.17, 15) is 15.3 Å². The number of aliphatic hydroxyl groups excluding tert-OH is 3. The van der Waals surface area contributed by atoms with Gasteiger partial charge in [-0.3, -0.25) is 0 Å². The van der Waals surface area contributed by atoms with Crippen molar-refractivity contribution < 1.29 is 29.3 Å². The van der Waals surface area contributed by atoms with Gasteiger partial charge >= 0.3 is 0 Å². The molecular formula is C18H32NO5+. The first-order valence-corrected chi connectivity index (χ1v) is 8.49. The SMILES string of the molecule is CCOCC(O)COCC(O)C[N+](C)(CCO)Cc1ccccc1. The van der Waals surface area contributed by atoms with Crippen molar-refractivity contribution >= 4 is 0 Å². The average Bonchev–Trinajstić information content (AvgIpc) is 2.53. The van der Waals surface area contributed by atoms with Gasteiger partial charge < -0.3 is 29.3 Å². The fourth-order valence-corrected chi connectivity index (χ4v) is 2.70. The molecule has 3 unspecified atom stereocenters. The number of benzene rings is 1. The van der Waals surface area contributed by atoms with Gasteiger partial charge in [-0.15, -0.1) is 0 Å². The largest absolute Gasteiger partial charge is 0.391 e. The van der Waals surface area contributed by atoms with Gasteiger partial charge in [-0.05, 0) is 6.92 Å². The smallest absolute Gasteiger partial charge is 0.126 e. The standard InChI is InChI=1S/C18H32NO5/c1-3-23-14-18(22)15-24-13-17(21)12-19(2,9-10-20)11-16-7-5-4-6-8-16/h4-8,17-18,20-22H,3,9-15H2,1-2H3/q+1. The summed E-state index contributed by atoms with van der Waals surface area (Å²) in [5.74, 6) is 0. The lowest BCUT2D eigenvalue weighted by Gasteiger charge is -2.35. The fourth-order valence-electron chi connectivity index (χ4n) is 2.70. The normalized spacial score (nSPS) is 16.5. The maximum absolute atomic E-state index is 10.2. The number of hydrogen-bond acceptors (Lipinski definition) is 5. The molecule has 6 nitrogen and oxygen atoms in total. The van der Waals surface area contributed by atoms with Crippen molar-refractivity contribution in [3.05, 3.63) is 35.9 Å². The Hall–Kier alpha value is -1.02. The number of hydrogen-bond donors (Lipinski definition) is 3. The lowest BCUT2D eigenvalue weighted by atomic mass is 10.1. The first kappa shape index (κ1) is 21.0. The van der Waals surface area contributed by atoms with Gasteiger partial charge in [-0.25, -0.2) is 0 Å². The molecule has 0 radical (unpaired) electrons. The summed E-state index contributed by atoms with van der Waals surface area (Å²) in [4.78, 5) is 0. The van der Waals surface area contributed by atoms with Crippen molar-refractivity contribution in [2.24, 2.45) is 0 Å². The molecule has 0 heterocycles. The molecule has 0 aliphatic heterocycles. The molecule has 1 aromatic carbocycles. The number of quaternary nitrogens is 1. The number of ether oxygens (including phenoxy) is 2. The average molecular weight is 342 g/mol. The molecule has 3 N–H and O–H groups in total. The van der Waals surface area contributed by atoms with E-state index < -0.39 is 12.2 Å². The molecule has 0 aliphatic carbocycles. The summed E-state index contributed by atoms with van der Waals surface area (Å²) in [6, 6.07) is 10.0. The summed E-state index contributed by atoms with van der Waals surface area (Å²) in [6.45, 7) is 4.75. The summed E-state index contributed by atoms with van der Waals surface area (Å²) in [5, 5.41) is 29.2. The number of nitrogens with zero attached hydrogens (tertiary/aromatic N) is 1. The Morgan fingerprint density at radius 3 is 2.25 bits per heavy atom. The van der Waals surface area contributed by atoms with Gasteiger partial charge in [-0.1, -0.05) is 30.3 Å². The minimum atomic E-state index is -0.681. The first-order valence-electron chi connectivity index (χ1n) is 8.49. The summed E-state index contributed by atoms with van der Waals surface area (Å²) < 4.78 is 11.0. The van der Waals surface area contributed by atoms with Gasteiger partial charge in [0, 0.05) is 12.2 Å². The second kappa shape index (κ2) is 11.5. The zero-order chi connectivity index (χ0) is 17.8. The van der Waals surface area contributed by atoms with E-state index >= 15 is 0 Å². The molecule has 24 heavy (non-hydrogen) atoms. The molecule has 3 atom stereocenters. The monoisotopic (exact) mass is 342 g/mol. The van der Waals surface area contributed by atoms with E-state index in [1.807, 2.05) is 44.3 Å². The minimum absolute atomic E-state index is 0.0595. The topological polar surface area (TPSA) is 79.2 Å². The van der Waals surface area contributed by atoms with E-state index in [1.54, 1.807) is 0 Å². The van der Waals surface area contributed by atoms with Crippen molar-refractivity contribution in [1.82, 2.24) is 0 Å². The van der Waals surface area contributed by atoms with Crippen LogP contribution in [0.1, 0.15) is 12.5 Å². The molecule has 0 saturated heterocycles. The van der Waals surface area contributed by atoms with Crippen LogP contribution in [0.3, 0.4) is 0 Å². The maximum atomic E-state index is 10.2. The van der Waals surface area contributed by atoms with Gasteiger partial charge in [0.1, 0.15) is 31.8 Å². The van der Waals surface area contributed by atoms with Crippen LogP contribution in [0.25, 0.3) is 0 Å². The Labute approximate surface area is 144 Å². The zero-order valence-corrected chi connectivity index (χ0v) is 14.8. The molecule has 0 aliphatic rings. The Bertz CT molecular complexity index is 431. The highest BCUT2D eigenvalue weighted by atomic mass is 16.5. The Morgan fingerprint density at radius 2 is 1.62 bits per heavy atom. The van der Waals surface area contributed by atoms with Gasteiger partial charge in [0.05, 0.1) is 33.5 Å². The van der Waals surface area contributed by atoms with Crippen LogP contribution in [0.5, 0.6) is 0 Å². The van der Waals surface area contributed by atoms with Crippen molar-refractivity contribution in [2.45, 2.75) is 25.7 Å². The van der Waals surface area contributed by atoms with E-state index in [-0.39, 0.29) is 26.4 Å². The molecular weight excluding hydrogens is 310 g/mol.